The van der Waals surface area contributed by atoms with Gasteiger partial charge >= 0.3 is 12.0 Å². The van der Waals surface area contributed by atoms with E-state index >= 15 is 0 Å². The molecule has 0 aliphatic carbocycles. The van der Waals surface area contributed by atoms with Gasteiger partial charge in [-0.3, -0.25) is 10.1 Å². The zero-order valence-electron chi connectivity index (χ0n) is 15.2. The van der Waals surface area contributed by atoms with E-state index < -0.39 is 34.0 Å². The van der Waals surface area contributed by atoms with Crippen molar-refractivity contribution in [3.63, 3.8) is 0 Å². The van der Waals surface area contributed by atoms with E-state index in [0.29, 0.717) is 19.6 Å². The molecule has 0 spiro atoms. The number of hydrogen-bond acceptors (Lipinski definition) is 6. The molecule has 0 unspecified atom stereocenters. The van der Waals surface area contributed by atoms with Crippen molar-refractivity contribution in [1.82, 2.24) is 14.9 Å². The van der Waals surface area contributed by atoms with Gasteiger partial charge in [0.2, 0.25) is 10.0 Å². The quantitative estimate of drug-likeness (QED) is 0.687. The number of nitrogens with one attached hydrogen (secondary N) is 2. The van der Waals surface area contributed by atoms with E-state index in [1.807, 2.05) is 5.32 Å². The Bertz CT molecular complexity index is 800. The summed E-state index contributed by atoms with van der Waals surface area (Å²) < 4.78 is 31.3. The molecule has 10 heteroatoms. The number of amides is 3. The monoisotopic (exact) mass is 397 g/mol. The van der Waals surface area contributed by atoms with Crippen LogP contribution >= 0.6 is 0 Å². The number of sulfonamides is 1. The second kappa shape index (κ2) is 8.96. The first-order valence-electron chi connectivity index (χ1n) is 8.65. The summed E-state index contributed by atoms with van der Waals surface area (Å²) in [5.41, 5.74) is 0.105. The molecule has 0 radical (unpaired) electrons. The van der Waals surface area contributed by atoms with Gasteiger partial charge in [0.25, 0.3) is 5.91 Å². The van der Waals surface area contributed by atoms with Crippen molar-refractivity contribution >= 4 is 27.9 Å². The third-order valence-corrected chi connectivity index (χ3v) is 5.93. The molecule has 1 aliphatic heterocycles. The van der Waals surface area contributed by atoms with Crippen LogP contribution in [0.3, 0.4) is 0 Å². The second-order valence-electron chi connectivity index (χ2n) is 6.03. The lowest BCUT2D eigenvalue weighted by molar-refractivity contribution is -0.127. The van der Waals surface area contributed by atoms with Crippen LogP contribution in [0.5, 0.6) is 0 Å². The Kier molecular flexibility index (Phi) is 6.92. The predicted molar refractivity (Wildman–Crippen MR) is 96.5 cm³/mol. The predicted octanol–water partition coefficient (Wildman–Crippen LogP) is 0.862. The molecule has 1 fully saturated rings. The fourth-order valence-corrected chi connectivity index (χ4v) is 4.06. The van der Waals surface area contributed by atoms with E-state index in [1.54, 1.807) is 6.92 Å². The normalized spacial score (nSPS) is 15.8. The van der Waals surface area contributed by atoms with Gasteiger partial charge in [-0.15, -0.1) is 0 Å². The first-order chi connectivity index (χ1) is 12.8. The van der Waals surface area contributed by atoms with Crippen molar-refractivity contribution in [2.75, 3.05) is 19.6 Å². The molecule has 9 nitrogen and oxygen atoms in total. The summed E-state index contributed by atoms with van der Waals surface area (Å²) in [5.74, 6) is -1.55. The molecule has 1 aromatic carbocycles. The molecule has 0 bridgehead atoms. The molecular formula is C17H23N3O6S. The number of rotatable bonds is 6. The highest BCUT2D eigenvalue weighted by Gasteiger charge is 2.27. The van der Waals surface area contributed by atoms with Crippen molar-refractivity contribution in [3.8, 4) is 0 Å². The van der Waals surface area contributed by atoms with Gasteiger partial charge < -0.3 is 10.1 Å². The third kappa shape index (κ3) is 5.27. The second-order valence-corrected chi connectivity index (χ2v) is 7.97. The Morgan fingerprint density at radius 3 is 2.30 bits per heavy atom. The lowest BCUT2D eigenvalue weighted by atomic mass is 10.2. The molecule has 1 heterocycles. The number of imide groups is 1. The molecule has 148 valence electrons. The maximum absolute atomic E-state index is 12.5. The van der Waals surface area contributed by atoms with Crippen molar-refractivity contribution in [2.45, 2.75) is 37.7 Å². The Balaban J connectivity index is 1.99. The van der Waals surface area contributed by atoms with E-state index in [-0.39, 0.29) is 10.5 Å². The van der Waals surface area contributed by atoms with Crippen molar-refractivity contribution < 1.29 is 27.5 Å². The molecule has 0 saturated carbocycles. The third-order valence-electron chi connectivity index (χ3n) is 4.02. The highest BCUT2D eigenvalue weighted by Crippen LogP contribution is 2.21. The van der Waals surface area contributed by atoms with Gasteiger partial charge in [0.1, 0.15) is 0 Å². The lowest BCUT2D eigenvalue weighted by Gasteiger charge is -2.16. The number of ether oxygens (including phenoxy) is 1. The van der Waals surface area contributed by atoms with Crippen LogP contribution in [0.25, 0.3) is 0 Å². The summed E-state index contributed by atoms with van der Waals surface area (Å²) in [6, 6.07) is 4.66. The highest BCUT2D eigenvalue weighted by molar-refractivity contribution is 7.89. The molecule has 27 heavy (non-hydrogen) atoms. The molecule has 2 N–H and O–H groups in total. The fraction of sp³-hybridized carbons (Fsp3) is 0.471. The Labute approximate surface area is 158 Å². The molecule has 0 aromatic heterocycles. The summed E-state index contributed by atoms with van der Waals surface area (Å²) in [7, 11) is -3.56. The smallest absolute Gasteiger partial charge is 0.338 e. The van der Waals surface area contributed by atoms with Crippen LogP contribution in [0, 0.1) is 0 Å². The molecule has 1 aromatic rings. The van der Waals surface area contributed by atoms with Gasteiger partial charge in [0.15, 0.2) is 6.10 Å². The van der Waals surface area contributed by atoms with Gasteiger partial charge in [0.05, 0.1) is 10.5 Å². The number of urea groups is 1. The number of carbonyl (C=O) groups excluding carboxylic acids is 3. The summed E-state index contributed by atoms with van der Waals surface area (Å²) in [5, 5.41) is 4.43. The van der Waals surface area contributed by atoms with Crippen LogP contribution in [-0.2, 0) is 19.6 Å². The number of carbonyl (C=O) groups is 3. The highest BCUT2D eigenvalue weighted by atomic mass is 32.2. The van der Waals surface area contributed by atoms with Crippen LogP contribution in [0.4, 0.5) is 4.79 Å². The van der Waals surface area contributed by atoms with Crippen molar-refractivity contribution in [1.29, 1.82) is 0 Å². The minimum absolute atomic E-state index is 0.1000. The molecular weight excluding hydrogens is 374 g/mol. The average Bonchev–Trinajstić information content (AvgIpc) is 3.17. The van der Waals surface area contributed by atoms with Gasteiger partial charge in [0, 0.05) is 19.6 Å². The fourth-order valence-electron chi connectivity index (χ4n) is 2.54. The van der Waals surface area contributed by atoms with Crippen LogP contribution in [0.15, 0.2) is 29.2 Å². The number of benzene rings is 1. The molecule has 1 atom stereocenters. The maximum Gasteiger partial charge on any atom is 0.338 e. The van der Waals surface area contributed by atoms with Crippen molar-refractivity contribution in [2.24, 2.45) is 0 Å². The Morgan fingerprint density at radius 2 is 1.74 bits per heavy atom. The lowest BCUT2D eigenvalue weighted by Crippen LogP contribution is -2.44. The standard InChI is InChI=1S/C17H23N3O6S/c1-3-18-17(23)19-15(21)12(2)26-16(22)13-6-8-14(9-7-13)27(24,25)20-10-4-5-11-20/h6-9,12H,3-5,10-11H2,1-2H3,(H2,18,19,21,23)/t12-/m0/s1. The molecule has 2 rings (SSSR count). The zero-order chi connectivity index (χ0) is 20.0. The summed E-state index contributed by atoms with van der Waals surface area (Å²) >= 11 is 0. The van der Waals surface area contributed by atoms with E-state index in [0.717, 1.165) is 12.8 Å². The SMILES string of the molecule is CCNC(=O)NC(=O)[C@H](C)OC(=O)c1ccc(S(=O)(=O)N2CCCC2)cc1. The molecule has 3 amide bonds. The Hall–Kier alpha value is -2.46. The Morgan fingerprint density at radius 1 is 1.15 bits per heavy atom. The van der Waals surface area contributed by atoms with Gasteiger partial charge in [-0.1, -0.05) is 0 Å². The van der Waals surface area contributed by atoms with E-state index in [4.69, 9.17) is 4.74 Å². The summed E-state index contributed by atoms with van der Waals surface area (Å²) in [4.78, 5) is 35.3. The van der Waals surface area contributed by atoms with Crippen LogP contribution in [0.2, 0.25) is 0 Å². The number of esters is 1. The topological polar surface area (TPSA) is 122 Å². The van der Waals surface area contributed by atoms with Crippen LogP contribution in [0.1, 0.15) is 37.0 Å². The van der Waals surface area contributed by atoms with Crippen LogP contribution in [-0.4, -0.2) is 56.4 Å². The van der Waals surface area contributed by atoms with E-state index in [1.165, 1.54) is 35.5 Å². The first kappa shape index (κ1) is 20.8. The molecule has 1 saturated heterocycles. The van der Waals surface area contributed by atoms with E-state index in [2.05, 4.69) is 5.32 Å². The summed E-state index contributed by atoms with van der Waals surface area (Å²) in [6.07, 6.45) is 0.479. The minimum atomic E-state index is -3.56. The van der Waals surface area contributed by atoms with Crippen molar-refractivity contribution in [3.05, 3.63) is 29.8 Å². The maximum atomic E-state index is 12.5. The van der Waals surface area contributed by atoms with E-state index in [9.17, 15) is 22.8 Å². The largest absolute Gasteiger partial charge is 0.449 e. The van der Waals surface area contributed by atoms with Gasteiger partial charge in [-0.25, -0.2) is 18.0 Å². The number of nitrogens with zero attached hydrogens (tertiary/aromatic N) is 1. The van der Waals surface area contributed by atoms with Crippen LogP contribution < -0.4 is 10.6 Å². The van der Waals surface area contributed by atoms with Gasteiger partial charge in [-0.2, -0.15) is 4.31 Å². The first-order valence-corrected chi connectivity index (χ1v) is 10.1. The minimum Gasteiger partial charge on any atom is -0.449 e. The number of hydrogen-bond donors (Lipinski definition) is 2. The zero-order valence-corrected chi connectivity index (χ0v) is 16.0. The summed E-state index contributed by atoms with van der Waals surface area (Å²) in [6.45, 7) is 4.36. The average molecular weight is 397 g/mol. The molecule has 1 aliphatic rings. The van der Waals surface area contributed by atoms with Gasteiger partial charge in [-0.05, 0) is 51.0 Å².